The van der Waals surface area contributed by atoms with Crippen LogP contribution in [0.4, 0.5) is 13.2 Å². The van der Waals surface area contributed by atoms with Gasteiger partial charge in [0.15, 0.2) is 0 Å². The van der Waals surface area contributed by atoms with Crippen molar-refractivity contribution in [2.75, 3.05) is 0 Å². The Bertz CT molecular complexity index is 936. The Hall–Kier alpha value is -2.54. The fourth-order valence-electron chi connectivity index (χ4n) is 2.50. The Morgan fingerprint density at radius 2 is 2.08 bits per heavy atom. The lowest BCUT2D eigenvalue weighted by molar-refractivity contribution is -0.146. The van der Waals surface area contributed by atoms with Gasteiger partial charge in [0, 0.05) is 22.0 Å². The van der Waals surface area contributed by atoms with Gasteiger partial charge in [0.2, 0.25) is 0 Å². The Kier molecular flexibility index (Phi) is 4.67. The second-order valence-corrected chi connectivity index (χ2v) is 5.75. The smallest absolute Gasteiger partial charge is 0.379 e. The van der Waals surface area contributed by atoms with Gasteiger partial charge in [-0.25, -0.2) is 9.18 Å². The molecule has 0 bridgehead atoms. The quantitative estimate of drug-likeness (QED) is 0.508. The molecule has 0 fully saturated rings. The molecule has 0 unspecified atom stereocenters. The number of fused-ring (bicyclic) bond motifs is 1. The highest BCUT2D eigenvalue weighted by molar-refractivity contribution is 6.31. The van der Waals surface area contributed by atoms with E-state index < -0.39 is 18.2 Å². The summed E-state index contributed by atoms with van der Waals surface area (Å²) in [6.07, 6.45) is -3.22. The monoisotopic (exact) mass is 368 g/mol. The first-order chi connectivity index (χ1) is 11.9. The molecular formula is C17H12ClF3N2O2. The molecule has 130 valence electrons. The minimum Gasteiger partial charge on any atom is -0.422 e. The molecule has 4 nitrogen and oxygen atoms in total. The number of esters is 1. The molecule has 0 radical (unpaired) electrons. The summed E-state index contributed by atoms with van der Waals surface area (Å²) in [5.74, 6) is -2.16. The number of alkyl halides is 2. The van der Waals surface area contributed by atoms with Gasteiger partial charge in [-0.15, -0.1) is 0 Å². The lowest BCUT2D eigenvalue weighted by atomic mass is 10.2. The van der Waals surface area contributed by atoms with E-state index in [0.717, 1.165) is 5.39 Å². The number of halogens is 4. The average molecular weight is 369 g/mol. The molecule has 0 spiro atoms. The van der Waals surface area contributed by atoms with Gasteiger partial charge in [-0.05, 0) is 31.2 Å². The number of nitrogens with zero attached hydrogens (tertiary/aromatic N) is 2. The molecule has 1 aromatic heterocycles. The van der Waals surface area contributed by atoms with Gasteiger partial charge in [-0.1, -0.05) is 17.7 Å². The summed E-state index contributed by atoms with van der Waals surface area (Å²) in [5.41, 5.74) is 1.43. The van der Waals surface area contributed by atoms with Crippen LogP contribution in [0.25, 0.3) is 10.9 Å². The van der Waals surface area contributed by atoms with Crippen LogP contribution in [0, 0.1) is 12.7 Å². The number of hydrogen-bond donors (Lipinski definition) is 0. The minimum atomic E-state index is -3.22. The summed E-state index contributed by atoms with van der Waals surface area (Å²) < 4.78 is 44.8. The van der Waals surface area contributed by atoms with Crippen LogP contribution in [0.1, 0.15) is 11.3 Å². The molecular weight excluding hydrogens is 357 g/mol. The number of aromatic nitrogens is 2. The minimum absolute atomic E-state index is 0.0430. The molecule has 1 heterocycles. The van der Waals surface area contributed by atoms with Gasteiger partial charge in [0.1, 0.15) is 11.6 Å². The van der Waals surface area contributed by atoms with Gasteiger partial charge < -0.3 is 4.74 Å². The maximum absolute atomic E-state index is 14.0. The van der Waals surface area contributed by atoms with E-state index in [1.165, 1.54) is 28.9 Å². The van der Waals surface area contributed by atoms with E-state index in [1.807, 2.05) is 0 Å². The summed E-state index contributed by atoms with van der Waals surface area (Å²) in [6.45, 7) is 1.80. The molecule has 0 aliphatic heterocycles. The third-order valence-corrected chi connectivity index (χ3v) is 4.03. The van der Waals surface area contributed by atoms with Crippen LogP contribution >= 0.6 is 11.6 Å². The number of rotatable bonds is 4. The normalized spacial score (nSPS) is 11.3. The SMILES string of the molecule is Cc1nn(Cc2c(F)cccc2Cl)c2cc(OC(=O)C(F)F)ccc12. The van der Waals surface area contributed by atoms with Crippen molar-refractivity contribution >= 4 is 28.5 Å². The molecule has 0 aliphatic carbocycles. The van der Waals surface area contributed by atoms with Gasteiger partial charge in [0.05, 0.1) is 17.8 Å². The first kappa shape index (κ1) is 17.3. The maximum atomic E-state index is 14.0. The Labute approximate surface area is 145 Å². The van der Waals surface area contributed by atoms with Crippen molar-refractivity contribution in [3.05, 3.63) is 58.5 Å². The van der Waals surface area contributed by atoms with E-state index in [-0.39, 0.29) is 22.9 Å². The van der Waals surface area contributed by atoms with E-state index in [4.69, 9.17) is 11.6 Å². The molecule has 3 rings (SSSR count). The first-order valence-corrected chi connectivity index (χ1v) is 7.64. The van der Waals surface area contributed by atoms with Crippen molar-refractivity contribution in [1.29, 1.82) is 0 Å². The number of aryl methyl sites for hydroxylation is 1. The second kappa shape index (κ2) is 6.76. The Morgan fingerprint density at radius 3 is 2.76 bits per heavy atom. The van der Waals surface area contributed by atoms with E-state index in [9.17, 15) is 18.0 Å². The van der Waals surface area contributed by atoms with Crippen molar-refractivity contribution in [3.8, 4) is 5.75 Å². The predicted molar refractivity (Wildman–Crippen MR) is 86.6 cm³/mol. The Balaban J connectivity index is 2.02. The van der Waals surface area contributed by atoms with Crippen molar-refractivity contribution in [1.82, 2.24) is 9.78 Å². The van der Waals surface area contributed by atoms with Crippen molar-refractivity contribution in [3.63, 3.8) is 0 Å². The summed E-state index contributed by atoms with van der Waals surface area (Å²) >= 11 is 6.04. The number of carbonyl (C=O) groups is 1. The van der Waals surface area contributed by atoms with E-state index >= 15 is 0 Å². The lowest BCUT2D eigenvalue weighted by Crippen LogP contribution is -2.17. The van der Waals surface area contributed by atoms with Crippen molar-refractivity contribution in [2.45, 2.75) is 19.9 Å². The zero-order chi connectivity index (χ0) is 18.1. The predicted octanol–water partition coefficient (Wildman–Crippen LogP) is 4.36. The highest BCUT2D eigenvalue weighted by Gasteiger charge is 2.19. The van der Waals surface area contributed by atoms with Crippen molar-refractivity contribution < 1.29 is 22.7 Å². The van der Waals surface area contributed by atoms with Crippen LogP contribution in [0.3, 0.4) is 0 Å². The number of ether oxygens (including phenoxy) is 1. The number of benzene rings is 2. The van der Waals surface area contributed by atoms with Gasteiger partial charge in [-0.2, -0.15) is 13.9 Å². The number of carbonyl (C=O) groups excluding carboxylic acids is 1. The van der Waals surface area contributed by atoms with Gasteiger partial charge in [-0.3, -0.25) is 4.68 Å². The van der Waals surface area contributed by atoms with E-state index in [2.05, 4.69) is 9.84 Å². The van der Waals surface area contributed by atoms with E-state index in [0.29, 0.717) is 11.2 Å². The standard InChI is InChI=1S/C17H12ClF3N2O2/c1-9-11-6-5-10(25-17(24)16(20)21)7-15(11)23(22-9)8-12-13(18)3-2-4-14(12)19/h2-7,16H,8H2,1H3. The largest absolute Gasteiger partial charge is 0.422 e. The third kappa shape index (κ3) is 3.46. The molecule has 0 aliphatic rings. The molecule has 3 aromatic rings. The lowest BCUT2D eigenvalue weighted by Gasteiger charge is -2.08. The van der Waals surface area contributed by atoms with Crippen molar-refractivity contribution in [2.24, 2.45) is 0 Å². The molecule has 0 atom stereocenters. The van der Waals surface area contributed by atoms with Gasteiger partial charge >= 0.3 is 12.4 Å². The molecule has 0 N–H and O–H groups in total. The molecule has 0 saturated heterocycles. The van der Waals surface area contributed by atoms with Crippen LogP contribution in [0.2, 0.25) is 5.02 Å². The zero-order valence-corrected chi connectivity index (χ0v) is 13.7. The molecule has 8 heteroatoms. The topological polar surface area (TPSA) is 44.1 Å². The van der Waals surface area contributed by atoms with Crippen LogP contribution in [-0.2, 0) is 11.3 Å². The molecule has 0 saturated carbocycles. The van der Waals surface area contributed by atoms with Crippen LogP contribution in [0.15, 0.2) is 36.4 Å². The van der Waals surface area contributed by atoms with Crippen LogP contribution < -0.4 is 4.74 Å². The summed E-state index contributed by atoms with van der Waals surface area (Å²) in [6, 6.07) is 8.76. The van der Waals surface area contributed by atoms with Crippen LogP contribution in [-0.4, -0.2) is 22.2 Å². The second-order valence-electron chi connectivity index (χ2n) is 5.34. The fraction of sp³-hybridized carbons (Fsp3) is 0.176. The molecule has 0 amide bonds. The maximum Gasteiger partial charge on any atom is 0.379 e. The fourth-order valence-corrected chi connectivity index (χ4v) is 2.72. The first-order valence-electron chi connectivity index (χ1n) is 7.26. The highest BCUT2D eigenvalue weighted by atomic mass is 35.5. The summed E-state index contributed by atoms with van der Waals surface area (Å²) in [4.78, 5) is 11.1. The zero-order valence-electron chi connectivity index (χ0n) is 13.0. The summed E-state index contributed by atoms with van der Waals surface area (Å²) in [7, 11) is 0. The van der Waals surface area contributed by atoms with Gasteiger partial charge in [0.25, 0.3) is 0 Å². The Morgan fingerprint density at radius 1 is 1.32 bits per heavy atom. The molecule has 2 aromatic carbocycles. The average Bonchev–Trinajstić information content (AvgIpc) is 2.86. The third-order valence-electron chi connectivity index (χ3n) is 3.67. The number of hydrogen-bond acceptors (Lipinski definition) is 3. The van der Waals surface area contributed by atoms with Crippen LogP contribution in [0.5, 0.6) is 5.75 Å². The van der Waals surface area contributed by atoms with E-state index in [1.54, 1.807) is 19.1 Å². The highest BCUT2D eigenvalue weighted by Crippen LogP contribution is 2.27. The summed E-state index contributed by atoms with van der Waals surface area (Å²) in [5, 5.41) is 5.30. The molecule has 25 heavy (non-hydrogen) atoms.